The number of piperidine rings is 1. The van der Waals surface area contributed by atoms with Gasteiger partial charge in [-0.15, -0.1) is 0 Å². The predicted molar refractivity (Wildman–Crippen MR) is 124 cm³/mol. The lowest BCUT2D eigenvalue weighted by atomic mass is 9.93. The fourth-order valence-electron chi connectivity index (χ4n) is 4.92. The van der Waals surface area contributed by atoms with E-state index >= 15 is 0 Å². The summed E-state index contributed by atoms with van der Waals surface area (Å²) in [7, 11) is 2.18. The van der Waals surface area contributed by atoms with Crippen molar-refractivity contribution in [2.75, 3.05) is 51.2 Å². The molecule has 2 aliphatic rings. The summed E-state index contributed by atoms with van der Waals surface area (Å²) >= 11 is 0. The van der Waals surface area contributed by atoms with E-state index in [1.807, 2.05) is 12.4 Å². The molecule has 2 fully saturated rings. The standard InChI is InChI=1S/C23H28N8/c1-30-8-10-31(11-9-30)23-17-13-20(27-18(17)4-7-25-23)22-16-12-19(15-2-5-24-6-3-15)26-14-21(16)28-29-22/h4,7,12-15,24,27H,2-3,5-6,8-11H2,1H3,(H,28,29). The van der Waals surface area contributed by atoms with E-state index < -0.39 is 0 Å². The topological polar surface area (TPSA) is 88.8 Å². The summed E-state index contributed by atoms with van der Waals surface area (Å²) in [6, 6.07) is 6.49. The normalized spacial score (nSPS) is 18.9. The molecule has 0 saturated carbocycles. The minimum atomic E-state index is 0.518. The summed E-state index contributed by atoms with van der Waals surface area (Å²) in [6.07, 6.45) is 6.11. The summed E-state index contributed by atoms with van der Waals surface area (Å²) < 4.78 is 0. The van der Waals surface area contributed by atoms with Gasteiger partial charge in [0.25, 0.3) is 0 Å². The third kappa shape index (κ3) is 3.36. The number of anilines is 1. The molecule has 0 bridgehead atoms. The van der Waals surface area contributed by atoms with E-state index in [1.54, 1.807) is 0 Å². The Hall–Kier alpha value is -2.97. The van der Waals surface area contributed by atoms with E-state index in [-0.39, 0.29) is 0 Å². The van der Waals surface area contributed by atoms with Crippen molar-refractivity contribution >= 4 is 27.6 Å². The van der Waals surface area contributed by atoms with Crippen LogP contribution < -0.4 is 10.2 Å². The lowest BCUT2D eigenvalue weighted by molar-refractivity contribution is 0.312. The second kappa shape index (κ2) is 7.62. The van der Waals surface area contributed by atoms with Crippen LogP contribution in [0.3, 0.4) is 0 Å². The lowest BCUT2D eigenvalue weighted by Gasteiger charge is -2.33. The number of aromatic nitrogens is 5. The molecule has 3 N–H and O–H groups in total. The summed E-state index contributed by atoms with van der Waals surface area (Å²) in [5.74, 6) is 1.58. The highest BCUT2D eigenvalue weighted by atomic mass is 15.3. The van der Waals surface area contributed by atoms with Crippen molar-refractivity contribution in [1.29, 1.82) is 0 Å². The Morgan fingerprint density at radius 3 is 2.65 bits per heavy atom. The number of hydrogen-bond acceptors (Lipinski definition) is 6. The van der Waals surface area contributed by atoms with E-state index in [9.17, 15) is 0 Å². The van der Waals surface area contributed by atoms with Crippen LogP contribution in [0, 0.1) is 0 Å². The maximum Gasteiger partial charge on any atom is 0.138 e. The molecule has 2 saturated heterocycles. The van der Waals surface area contributed by atoms with Crippen LogP contribution in [-0.4, -0.2) is 76.4 Å². The molecule has 8 nitrogen and oxygen atoms in total. The van der Waals surface area contributed by atoms with Gasteiger partial charge in [-0.2, -0.15) is 5.10 Å². The maximum absolute atomic E-state index is 4.73. The number of piperazine rings is 1. The Balaban J connectivity index is 1.40. The third-order valence-corrected chi connectivity index (χ3v) is 6.81. The number of aromatic amines is 2. The van der Waals surface area contributed by atoms with Gasteiger partial charge in [-0.25, -0.2) is 4.98 Å². The van der Waals surface area contributed by atoms with Crippen molar-refractivity contribution in [2.45, 2.75) is 18.8 Å². The molecule has 0 spiro atoms. The first-order valence-electron chi connectivity index (χ1n) is 11.2. The zero-order valence-electron chi connectivity index (χ0n) is 17.9. The third-order valence-electron chi connectivity index (χ3n) is 6.81. The van der Waals surface area contributed by atoms with Crippen molar-refractivity contribution in [3.05, 3.63) is 36.3 Å². The zero-order chi connectivity index (χ0) is 20.8. The maximum atomic E-state index is 4.73. The van der Waals surface area contributed by atoms with Crippen LogP contribution in [0.2, 0.25) is 0 Å². The highest BCUT2D eigenvalue weighted by molar-refractivity contribution is 5.98. The minimum absolute atomic E-state index is 0.518. The van der Waals surface area contributed by atoms with Gasteiger partial charge in [0, 0.05) is 54.8 Å². The van der Waals surface area contributed by atoms with Gasteiger partial charge in [-0.1, -0.05) is 0 Å². The van der Waals surface area contributed by atoms with E-state index in [2.05, 4.69) is 55.5 Å². The largest absolute Gasteiger partial charge is 0.353 e. The summed E-state index contributed by atoms with van der Waals surface area (Å²) in [4.78, 5) is 17.8. The highest BCUT2D eigenvalue weighted by Gasteiger charge is 2.21. The molecule has 6 heterocycles. The molecule has 2 aliphatic heterocycles. The van der Waals surface area contributed by atoms with Gasteiger partial charge >= 0.3 is 0 Å². The monoisotopic (exact) mass is 416 g/mol. The Bertz CT molecular complexity index is 1210. The fourth-order valence-corrected chi connectivity index (χ4v) is 4.92. The number of nitrogens with one attached hydrogen (secondary N) is 3. The summed E-state index contributed by atoms with van der Waals surface area (Å²) in [6.45, 7) is 6.25. The van der Waals surface area contributed by atoms with Crippen LogP contribution in [0.25, 0.3) is 33.2 Å². The Morgan fingerprint density at radius 1 is 0.968 bits per heavy atom. The second-order valence-corrected chi connectivity index (χ2v) is 8.82. The minimum Gasteiger partial charge on any atom is -0.353 e. The summed E-state index contributed by atoms with van der Waals surface area (Å²) in [5.41, 5.74) is 5.22. The van der Waals surface area contributed by atoms with Gasteiger partial charge in [-0.3, -0.25) is 10.1 Å². The van der Waals surface area contributed by atoms with Crippen LogP contribution in [0.4, 0.5) is 5.82 Å². The van der Waals surface area contributed by atoms with E-state index in [1.165, 1.54) is 5.69 Å². The van der Waals surface area contributed by atoms with E-state index in [0.29, 0.717) is 5.92 Å². The number of H-pyrrole nitrogens is 2. The molecule has 160 valence electrons. The quantitative estimate of drug-likeness (QED) is 0.476. The van der Waals surface area contributed by atoms with Gasteiger partial charge in [-0.05, 0) is 51.2 Å². The van der Waals surface area contributed by atoms with Crippen molar-refractivity contribution in [2.24, 2.45) is 0 Å². The van der Waals surface area contributed by atoms with Crippen LogP contribution >= 0.6 is 0 Å². The van der Waals surface area contributed by atoms with Crippen LogP contribution in [0.5, 0.6) is 0 Å². The Morgan fingerprint density at radius 2 is 1.81 bits per heavy atom. The van der Waals surface area contributed by atoms with Crippen LogP contribution in [-0.2, 0) is 0 Å². The zero-order valence-corrected chi connectivity index (χ0v) is 17.9. The predicted octanol–water partition coefficient (Wildman–Crippen LogP) is 2.72. The van der Waals surface area contributed by atoms with Gasteiger partial charge in [0.05, 0.1) is 22.9 Å². The van der Waals surface area contributed by atoms with E-state index in [4.69, 9.17) is 9.97 Å². The second-order valence-electron chi connectivity index (χ2n) is 8.82. The van der Waals surface area contributed by atoms with Gasteiger partial charge in [0.2, 0.25) is 0 Å². The number of likely N-dealkylation sites (N-methyl/N-ethyl adjacent to an activating group) is 1. The molecular weight excluding hydrogens is 388 g/mol. The smallest absolute Gasteiger partial charge is 0.138 e. The number of rotatable bonds is 3. The molecule has 0 aromatic carbocycles. The van der Waals surface area contributed by atoms with Gasteiger partial charge in [0.1, 0.15) is 11.5 Å². The molecule has 31 heavy (non-hydrogen) atoms. The summed E-state index contributed by atoms with van der Waals surface area (Å²) in [5, 5.41) is 13.5. The van der Waals surface area contributed by atoms with Gasteiger partial charge in [0.15, 0.2) is 0 Å². The molecule has 6 rings (SSSR count). The molecule has 4 aromatic heterocycles. The van der Waals surface area contributed by atoms with Crippen LogP contribution in [0.1, 0.15) is 24.5 Å². The highest BCUT2D eigenvalue weighted by Crippen LogP contribution is 2.34. The number of nitrogens with zero attached hydrogens (tertiary/aromatic N) is 5. The van der Waals surface area contributed by atoms with Crippen molar-refractivity contribution in [3.63, 3.8) is 0 Å². The van der Waals surface area contributed by atoms with Crippen molar-refractivity contribution in [1.82, 2.24) is 35.4 Å². The van der Waals surface area contributed by atoms with Crippen molar-refractivity contribution in [3.8, 4) is 11.4 Å². The Labute approximate surface area is 181 Å². The van der Waals surface area contributed by atoms with Crippen molar-refractivity contribution < 1.29 is 0 Å². The Kier molecular flexibility index (Phi) is 4.61. The van der Waals surface area contributed by atoms with E-state index in [0.717, 1.165) is 91.1 Å². The SMILES string of the molecule is CN1CCN(c2nccc3[nH]c(-c4n[nH]c5cnc(C6CCNCC6)cc45)cc23)CC1. The molecule has 0 radical (unpaired) electrons. The molecule has 0 atom stereocenters. The molecule has 0 unspecified atom stereocenters. The molecule has 0 aliphatic carbocycles. The molecular formula is C23H28N8. The lowest BCUT2D eigenvalue weighted by Crippen LogP contribution is -2.44. The fraction of sp³-hybridized carbons (Fsp3) is 0.435. The first kappa shape index (κ1) is 18.8. The first-order valence-corrected chi connectivity index (χ1v) is 11.2. The molecule has 0 amide bonds. The van der Waals surface area contributed by atoms with Gasteiger partial charge < -0.3 is 20.1 Å². The molecule has 8 heteroatoms. The average molecular weight is 417 g/mol. The number of fused-ring (bicyclic) bond motifs is 2. The first-order chi connectivity index (χ1) is 15.3. The molecule has 4 aromatic rings. The number of pyridine rings is 2. The average Bonchev–Trinajstić information content (AvgIpc) is 3.43. The number of hydrogen-bond donors (Lipinski definition) is 3. The van der Waals surface area contributed by atoms with Crippen LogP contribution in [0.15, 0.2) is 30.6 Å².